The fraction of sp³-hybridized carbons (Fsp3) is 0.190. The Morgan fingerprint density at radius 3 is 2.41 bits per heavy atom. The Morgan fingerprint density at radius 1 is 1.14 bits per heavy atom. The number of amides is 1. The molecule has 1 aromatic heterocycles. The molecule has 0 atom stereocenters. The quantitative estimate of drug-likeness (QED) is 0.705. The predicted molar refractivity (Wildman–Crippen MR) is 104 cm³/mol. The summed E-state index contributed by atoms with van der Waals surface area (Å²) in [5.41, 5.74) is 0.758. The van der Waals surface area contributed by atoms with Crippen LogP contribution in [-0.4, -0.2) is 32.9 Å². The first-order valence-electron chi connectivity index (χ1n) is 8.78. The number of carbonyl (C=O) groups is 1. The smallest absolute Gasteiger partial charge is 0.294 e. The Labute approximate surface area is 165 Å². The molecule has 0 fully saturated rings. The molecule has 29 heavy (non-hydrogen) atoms. The van der Waals surface area contributed by atoms with Crippen molar-refractivity contribution in [2.75, 3.05) is 7.05 Å². The van der Waals surface area contributed by atoms with E-state index in [9.17, 15) is 23.5 Å². The summed E-state index contributed by atoms with van der Waals surface area (Å²) in [6, 6.07) is 8.86. The van der Waals surface area contributed by atoms with E-state index in [1.54, 1.807) is 0 Å². The molecule has 0 saturated carbocycles. The first kappa shape index (κ1) is 20.2. The van der Waals surface area contributed by atoms with E-state index in [1.165, 1.54) is 11.9 Å². The van der Waals surface area contributed by atoms with Gasteiger partial charge in [-0.25, -0.2) is 13.8 Å². The first-order chi connectivity index (χ1) is 13.7. The van der Waals surface area contributed by atoms with Crippen molar-refractivity contribution in [1.82, 2.24) is 14.9 Å². The summed E-state index contributed by atoms with van der Waals surface area (Å²) in [5.74, 6) is -4.07. The zero-order chi connectivity index (χ0) is 21.3. The number of aromatic nitrogens is 2. The highest BCUT2D eigenvalue weighted by molar-refractivity contribution is 5.95. The molecule has 1 amide bonds. The third-order valence-electron chi connectivity index (χ3n) is 4.63. The summed E-state index contributed by atoms with van der Waals surface area (Å²) in [6.45, 7) is 4.10. The lowest BCUT2D eigenvalue weighted by atomic mass is 10.1. The van der Waals surface area contributed by atoms with Gasteiger partial charge in [-0.3, -0.25) is 9.59 Å². The highest BCUT2D eigenvalue weighted by atomic mass is 19.1. The van der Waals surface area contributed by atoms with Gasteiger partial charge in [0.15, 0.2) is 5.69 Å². The van der Waals surface area contributed by atoms with Crippen LogP contribution >= 0.6 is 0 Å². The summed E-state index contributed by atoms with van der Waals surface area (Å²) < 4.78 is 28.1. The number of rotatable bonds is 4. The summed E-state index contributed by atoms with van der Waals surface area (Å²) in [4.78, 5) is 32.1. The SMILES string of the molecule is Cc1ccc(CN(C)C(=O)c2nc(-c3c(F)cccc3F)[nH]c(=O)c2O)cc1C. The van der Waals surface area contributed by atoms with E-state index in [-0.39, 0.29) is 6.54 Å². The van der Waals surface area contributed by atoms with Crippen LogP contribution in [0.15, 0.2) is 41.2 Å². The number of benzene rings is 2. The van der Waals surface area contributed by atoms with Gasteiger partial charge in [-0.1, -0.05) is 24.3 Å². The van der Waals surface area contributed by atoms with Crippen LogP contribution in [0.2, 0.25) is 0 Å². The number of halogens is 2. The number of aromatic hydroxyl groups is 1. The van der Waals surface area contributed by atoms with Crippen LogP contribution in [0.5, 0.6) is 5.75 Å². The molecule has 0 unspecified atom stereocenters. The second kappa shape index (κ2) is 7.83. The molecular weight excluding hydrogens is 380 g/mol. The minimum atomic E-state index is -1.07. The van der Waals surface area contributed by atoms with Crippen molar-refractivity contribution in [2.24, 2.45) is 0 Å². The maximum Gasteiger partial charge on any atom is 0.294 e. The normalized spacial score (nSPS) is 10.8. The molecular formula is C21H19F2N3O3. The molecule has 0 aliphatic heterocycles. The van der Waals surface area contributed by atoms with Crippen LogP contribution < -0.4 is 5.56 Å². The van der Waals surface area contributed by atoms with Crippen molar-refractivity contribution in [3.63, 3.8) is 0 Å². The molecule has 6 nitrogen and oxygen atoms in total. The van der Waals surface area contributed by atoms with Gasteiger partial charge < -0.3 is 15.0 Å². The number of hydrogen-bond donors (Lipinski definition) is 2. The van der Waals surface area contributed by atoms with Gasteiger partial charge in [0, 0.05) is 13.6 Å². The van der Waals surface area contributed by atoms with Crippen molar-refractivity contribution in [3.8, 4) is 17.1 Å². The number of aromatic amines is 1. The van der Waals surface area contributed by atoms with Gasteiger partial charge in [0.2, 0.25) is 5.75 Å². The van der Waals surface area contributed by atoms with E-state index < -0.39 is 45.9 Å². The molecule has 2 aromatic carbocycles. The van der Waals surface area contributed by atoms with Gasteiger partial charge in [0.25, 0.3) is 11.5 Å². The van der Waals surface area contributed by atoms with Crippen LogP contribution in [-0.2, 0) is 6.54 Å². The topological polar surface area (TPSA) is 86.3 Å². The fourth-order valence-electron chi connectivity index (χ4n) is 2.89. The van der Waals surface area contributed by atoms with Gasteiger partial charge in [-0.05, 0) is 42.7 Å². The van der Waals surface area contributed by atoms with E-state index in [0.29, 0.717) is 0 Å². The lowest BCUT2D eigenvalue weighted by Crippen LogP contribution is -2.29. The van der Waals surface area contributed by atoms with Gasteiger partial charge in [0.05, 0.1) is 5.56 Å². The van der Waals surface area contributed by atoms with Crippen LogP contribution in [0.25, 0.3) is 11.4 Å². The van der Waals surface area contributed by atoms with Crippen LogP contribution in [0.3, 0.4) is 0 Å². The number of carbonyl (C=O) groups excluding carboxylic acids is 1. The third-order valence-corrected chi connectivity index (χ3v) is 4.63. The molecule has 0 aliphatic carbocycles. The predicted octanol–water partition coefficient (Wildman–Crippen LogP) is 3.31. The highest BCUT2D eigenvalue weighted by Crippen LogP contribution is 2.24. The molecule has 0 bridgehead atoms. The fourth-order valence-corrected chi connectivity index (χ4v) is 2.89. The minimum Gasteiger partial charge on any atom is -0.501 e. The standard InChI is InChI=1S/C21H19F2N3O3/c1-11-7-8-13(9-12(11)2)10-26(3)21(29)17-18(27)20(28)25-19(24-17)16-14(22)5-4-6-15(16)23/h4-9,27H,10H2,1-3H3,(H,24,25,28). The van der Waals surface area contributed by atoms with E-state index in [4.69, 9.17) is 0 Å². The number of nitrogens with zero attached hydrogens (tertiary/aromatic N) is 2. The number of aryl methyl sites for hydroxylation is 2. The monoisotopic (exact) mass is 399 g/mol. The van der Waals surface area contributed by atoms with Gasteiger partial charge in [-0.2, -0.15) is 0 Å². The van der Waals surface area contributed by atoms with Crippen LogP contribution in [0, 0.1) is 25.5 Å². The van der Waals surface area contributed by atoms with Crippen LogP contribution in [0.1, 0.15) is 27.2 Å². The number of hydrogen-bond acceptors (Lipinski definition) is 4. The zero-order valence-electron chi connectivity index (χ0n) is 16.1. The third kappa shape index (κ3) is 4.01. The maximum atomic E-state index is 14.1. The molecule has 0 spiro atoms. The summed E-state index contributed by atoms with van der Waals surface area (Å²) >= 11 is 0. The minimum absolute atomic E-state index is 0.192. The largest absolute Gasteiger partial charge is 0.501 e. The van der Waals surface area contributed by atoms with E-state index in [2.05, 4.69) is 9.97 Å². The molecule has 3 aromatic rings. The van der Waals surface area contributed by atoms with Gasteiger partial charge >= 0.3 is 0 Å². The Balaban J connectivity index is 1.99. The summed E-state index contributed by atoms with van der Waals surface area (Å²) in [7, 11) is 1.48. The maximum absolute atomic E-state index is 14.1. The molecule has 150 valence electrons. The lowest BCUT2D eigenvalue weighted by Gasteiger charge is -2.18. The number of nitrogens with one attached hydrogen (secondary N) is 1. The average molecular weight is 399 g/mol. The van der Waals surface area contributed by atoms with Gasteiger partial charge in [0.1, 0.15) is 17.5 Å². The van der Waals surface area contributed by atoms with Crippen molar-refractivity contribution < 1.29 is 18.7 Å². The Bertz CT molecular complexity index is 1140. The Hall–Kier alpha value is -3.55. The highest BCUT2D eigenvalue weighted by Gasteiger charge is 2.24. The van der Waals surface area contributed by atoms with Crippen molar-refractivity contribution in [2.45, 2.75) is 20.4 Å². The van der Waals surface area contributed by atoms with Gasteiger partial charge in [-0.15, -0.1) is 0 Å². The van der Waals surface area contributed by atoms with E-state index >= 15 is 0 Å². The molecule has 0 radical (unpaired) electrons. The second-order valence-corrected chi connectivity index (χ2v) is 6.79. The molecule has 0 saturated heterocycles. The summed E-state index contributed by atoms with van der Waals surface area (Å²) in [6.07, 6.45) is 0. The second-order valence-electron chi connectivity index (χ2n) is 6.79. The average Bonchev–Trinajstić information content (AvgIpc) is 2.66. The van der Waals surface area contributed by atoms with E-state index in [1.807, 2.05) is 32.0 Å². The first-order valence-corrected chi connectivity index (χ1v) is 8.78. The zero-order valence-corrected chi connectivity index (χ0v) is 16.1. The lowest BCUT2D eigenvalue weighted by molar-refractivity contribution is 0.0775. The Morgan fingerprint density at radius 2 is 1.79 bits per heavy atom. The van der Waals surface area contributed by atoms with Crippen molar-refractivity contribution in [3.05, 3.63) is 80.8 Å². The Kier molecular flexibility index (Phi) is 5.45. The molecule has 2 N–H and O–H groups in total. The van der Waals surface area contributed by atoms with Crippen molar-refractivity contribution >= 4 is 5.91 Å². The van der Waals surface area contributed by atoms with Crippen molar-refractivity contribution in [1.29, 1.82) is 0 Å². The van der Waals surface area contributed by atoms with E-state index in [0.717, 1.165) is 34.9 Å². The van der Waals surface area contributed by atoms with Crippen LogP contribution in [0.4, 0.5) is 8.78 Å². The molecule has 1 heterocycles. The number of H-pyrrole nitrogens is 1. The molecule has 3 rings (SSSR count). The molecule has 0 aliphatic rings. The molecule has 8 heteroatoms. The summed E-state index contributed by atoms with van der Waals surface area (Å²) in [5, 5.41) is 10.0.